The molecule has 0 aliphatic carbocycles. The molecule has 1 saturated heterocycles. The Balaban J connectivity index is 1.31. The van der Waals surface area contributed by atoms with E-state index in [-0.39, 0.29) is 53.3 Å². The first-order valence-corrected chi connectivity index (χ1v) is 14.3. The van der Waals surface area contributed by atoms with Crippen LogP contribution in [0.5, 0.6) is 0 Å². The van der Waals surface area contributed by atoms with Gasteiger partial charge in [0.05, 0.1) is 49.5 Å². The van der Waals surface area contributed by atoms with Gasteiger partial charge in [-0.1, -0.05) is 11.6 Å². The number of benzene rings is 3. The molecular weight excluding hydrogens is 650 g/mol. The minimum atomic E-state index is -5.14. The Morgan fingerprint density at radius 3 is 1.42 bits per heavy atom. The number of amides is 2. The van der Waals surface area contributed by atoms with Gasteiger partial charge in [-0.3, -0.25) is 33.3 Å². The van der Waals surface area contributed by atoms with Crippen molar-refractivity contribution >= 4 is 33.4 Å². The third-order valence-electron chi connectivity index (χ3n) is 8.46. The van der Waals surface area contributed by atoms with Crippen LogP contribution in [0.4, 0.5) is 26.3 Å². The summed E-state index contributed by atoms with van der Waals surface area (Å²) in [5, 5.41) is -0.848. The first kappa shape index (κ1) is 32.4. The molecule has 3 heterocycles. The number of aryl methyl sites for hydroxylation is 1. The summed E-state index contributed by atoms with van der Waals surface area (Å²) in [6.07, 6.45) is -9.95. The molecule has 0 radical (unpaired) electrons. The van der Waals surface area contributed by atoms with Gasteiger partial charge in [0.15, 0.2) is 0 Å². The van der Waals surface area contributed by atoms with Crippen LogP contribution in [0, 0.1) is 6.92 Å². The highest BCUT2D eigenvalue weighted by Crippen LogP contribution is 2.35. The van der Waals surface area contributed by atoms with Crippen LogP contribution in [-0.4, -0.2) is 56.9 Å². The Labute approximate surface area is 264 Å². The van der Waals surface area contributed by atoms with E-state index in [9.17, 15) is 55.1 Å². The number of hydrogen-bond donors (Lipinski definition) is 0. The molecular formula is C32H22F6N4O6. The Morgan fingerprint density at radius 2 is 0.979 bits per heavy atom. The fourth-order valence-electron chi connectivity index (χ4n) is 5.95. The number of nitrogens with zero attached hydrogens (tertiary/aromatic N) is 4. The molecule has 3 aromatic carbocycles. The molecule has 1 aliphatic rings. The Kier molecular flexibility index (Phi) is 7.44. The number of halogens is 6. The van der Waals surface area contributed by atoms with E-state index in [0.717, 1.165) is 50.8 Å². The smallest absolute Gasteiger partial charge is 0.335 e. The predicted octanol–water partition coefficient (Wildman–Crippen LogP) is 3.38. The summed E-state index contributed by atoms with van der Waals surface area (Å²) in [7, 11) is 1.21. The van der Waals surface area contributed by atoms with E-state index < -0.39 is 74.3 Å². The minimum Gasteiger partial charge on any atom is -0.335 e. The van der Waals surface area contributed by atoms with Crippen molar-refractivity contribution in [3.05, 3.63) is 118 Å². The molecule has 0 atom stereocenters. The lowest BCUT2D eigenvalue weighted by Gasteiger charge is -2.35. The van der Waals surface area contributed by atoms with E-state index >= 15 is 0 Å². The average Bonchev–Trinajstić information content (AvgIpc) is 3.41. The lowest BCUT2D eigenvalue weighted by molar-refractivity contribution is -0.138. The zero-order valence-corrected chi connectivity index (χ0v) is 25.0. The molecule has 2 amide bonds. The Morgan fingerprint density at radius 1 is 0.583 bits per heavy atom. The van der Waals surface area contributed by atoms with E-state index in [0.29, 0.717) is 10.6 Å². The van der Waals surface area contributed by atoms with E-state index in [4.69, 9.17) is 0 Å². The minimum absolute atomic E-state index is 0.136. The van der Waals surface area contributed by atoms with Gasteiger partial charge in [-0.15, -0.1) is 0 Å². The third-order valence-corrected chi connectivity index (χ3v) is 8.46. The quantitative estimate of drug-likeness (QED) is 0.272. The van der Waals surface area contributed by atoms with Gasteiger partial charge in [-0.05, 0) is 49.4 Å². The van der Waals surface area contributed by atoms with Crippen LogP contribution in [0.2, 0.25) is 0 Å². The van der Waals surface area contributed by atoms with Gasteiger partial charge in [0.2, 0.25) is 0 Å². The molecule has 0 unspecified atom stereocenters. The van der Waals surface area contributed by atoms with Gasteiger partial charge in [0.1, 0.15) is 0 Å². The Hall–Kier alpha value is -5.54. The lowest BCUT2D eigenvalue weighted by Crippen LogP contribution is -2.51. The molecule has 5 aromatic rings. The molecule has 0 spiro atoms. The Bertz CT molecular complexity index is 2310. The summed E-state index contributed by atoms with van der Waals surface area (Å²) < 4.78 is 85.0. The number of carbonyl (C=O) groups excluding carboxylic acids is 2. The second kappa shape index (κ2) is 11.0. The van der Waals surface area contributed by atoms with Crippen LogP contribution in [0.1, 0.15) is 37.4 Å². The van der Waals surface area contributed by atoms with Crippen LogP contribution in [0.15, 0.2) is 67.7 Å². The number of carbonyl (C=O) groups is 2. The van der Waals surface area contributed by atoms with Crippen LogP contribution >= 0.6 is 0 Å². The van der Waals surface area contributed by atoms with Crippen molar-refractivity contribution in [1.29, 1.82) is 0 Å². The zero-order chi connectivity index (χ0) is 35.0. The number of hydrogen-bond acceptors (Lipinski definition) is 6. The van der Waals surface area contributed by atoms with Gasteiger partial charge in [0.25, 0.3) is 34.1 Å². The summed E-state index contributed by atoms with van der Waals surface area (Å²) >= 11 is 0. The zero-order valence-electron chi connectivity index (χ0n) is 25.0. The topological polar surface area (TPSA) is 119 Å². The largest absolute Gasteiger partial charge is 0.417 e. The molecule has 6 rings (SSSR count). The second-order valence-electron chi connectivity index (χ2n) is 11.4. The van der Waals surface area contributed by atoms with E-state index in [2.05, 4.69) is 0 Å². The monoisotopic (exact) mass is 672 g/mol. The number of aromatic nitrogens is 2. The predicted molar refractivity (Wildman–Crippen MR) is 160 cm³/mol. The van der Waals surface area contributed by atoms with E-state index in [1.165, 1.54) is 20.0 Å². The molecule has 248 valence electrons. The van der Waals surface area contributed by atoms with Crippen LogP contribution in [0.25, 0.3) is 27.2 Å². The molecule has 1 aliphatic heterocycles. The van der Waals surface area contributed by atoms with Crippen LogP contribution < -0.4 is 22.2 Å². The summed E-state index contributed by atoms with van der Waals surface area (Å²) in [6, 6.07) is 7.55. The van der Waals surface area contributed by atoms with Crippen molar-refractivity contribution in [2.45, 2.75) is 19.3 Å². The van der Waals surface area contributed by atoms with Gasteiger partial charge in [-0.2, -0.15) is 26.3 Å². The number of fused-ring (bicyclic) bond motifs is 2. The van der Waals surface area contributed by atoms with Crippen molar-refractivity contribution in [2.75, 3.05) is 26.2 Å². The lowest BCUT2D eigenvalue weighted by atomic mass is 10.0. The molecule has 16 heteroatoms. The summed E-state index contributed by atoms with van der Waals surface area (Å²) in [5.74, 6) is -2.03. The van der Waals surface area contributed by atoms with Crippen molar-refractivity contribution in [3.8, 4) is 5.69 Å². The average molecular weight is 673 g/mol. The molecule has 10 nitrogen and oxygen atoms in total. The highest BCUT2D eigenvalue weighted by Gasteiger charge is 2.39. The van der Waals surface area contributed by atoms with E-state index in [1.54, 1.807) is 0 Å². The van der Waals surface area contributed by atoms with Gasteiger partial charge >= 0.3 is 12.4 Å². The highest BCUT2D eigenvalue weighted by molar-refractivity contribution is 5.99. The van der Waals surface area contributed by atoms with Gasteiger partial charge in [0, 0.05) is 33.2 Å². The highest BCUT2D eigenvalue weighted by atomic mass is 19.4. The van der Waals surface area contributed by atoms with Crippen LogP contribution in [0.3, 0.4) is 0 Å². The summed E-state index contributed by atoms with van der Waals surface area (Å²) in [5.41, 5.74) is -7.76. The summed E-state index contributed by atoms with van der Waals surface area (Å²) in [4.78, 5) is 79.7. The molecule has 1 fully saturated rings. The summed E-state index contributed by atoms with van der Waals surface area (Å²) in [6.45, 7) is 0.356. The molecule has 0 N–H and O–H groups in total. The van der Waals surface area contributed by atoms with E-state index in [1.807, 2.05) is 0 Å². The maximum Gasteiger partial charge on any atom is 0.417 e. The SMILES string of the molecule is Cc1ccc(C(=O)N2CCN(C(=O)c3ccc(-n4c(=O)c5cc6c(=O)n(C)c(=O)c6cc5c4=O)cc3C(F)(F)F)CC2)c(C(F)(F)F)c1. The second-order valence-corrected chi connectivity index (χ2v) is 11.4. The molecule has 0 saturated carbocycles. The third kappa shape index (κ3) is 5.16. The normalized spacial score (nSPS) is 14.3. The molecule has 2 aromatic heterocycles. The van der Waals surface area contributed by atoms with Gasteiger partial charge < -0.3 is 9.80 Å². The maximum atomic E-state index is 14.3. The van der Waals surface area contributed by atoms with Crippen molar-refractivity contribution in [1.82, 2.24) is 18.9 Å². The number of piperazine rings is 1. The first-order chi connectivity index (χ1) is 22.4. The first-order valence-electron chi connectivity index (χ1n) is 14.3. The maximum absolute atomic E-state index is 14.3. The van der Waals surface area contributed by atoms with Crippen molar-refractivity contribution < 1.29 is 35.9 Å². The fraction of sp³-hybridized carbons (Fsp3) is 0.250. The van der Waals surface area contributed by atoms with Crippen molar-refractivity contribution in [2.24, 2.45) is 7.05 Å². The molecule has 48 heavy (non-hydrogen) atoms. The van der Waals surface area contributed by atoms with Crippen LogP contribution in [-0.2, 0) is 19.4 Å². The van der Waals surface area contributed by atoms with Crippen molar-refractivity contribution in [3.63, 3.8) is 0 Å². The standard InChI is InChI=1S/C32H22F6N4O6/c1-15-3-5-17(23(11-15)31(33,34)35)27(45)40-7-9-41(10-8-40)28(46)18-6-4-16(12-24(18)32(36,37)38)42-29(47)21-13-19-20(14-22(21)30(42)48)26(44)39(2)25(19)43/h3-6,11-14H,7-10H2,1-2H3. The number of rotatable bonds is 3. The number of alkyl halides is 6. The fourth-order valence-corrected chi connectivity index (χ4v) is 5.95. The molecule has 0 bridgehead atoms. The van der Waals surface area contributed by atoms with Gasteiger partial charge in [-0.25, -0.2) is 4.57 Å².